The van der Waals surface area contributed by atoms with Crippen molar-refractivity contribution in [3.05, 3.63) is 99.6 Å². The zero-order valence-electron chi connectivity index (χ0n) is 19.4. The summed E-state index contributed by atoms with van der Waals surface area (Å²) in [5, 5.41) is 0. The summed E-state index contributed by atoms with van der Waals surface area (Å²) in [5.41, 5.74) is 3.90. The maximum atomic E-state index is 14.5. The SMILES string of the molecule is CCCCCCc1cc(F)c(C#Cc2ccc(C#Cc3ccc(OC)cc3)c(C)c2)c(F)c1. The first-order chi connectivity index (χ1) is 16.0. The molecule has 3 heteroatoms. The molecule has 0 heterocycles. The molecular weight excluding hydrogens is 414 g/mol. The van der Waals surface area contributed by atoms with Crippen LogP contribution >= 0.6 is 0 Å². The minimum absolute atomic E-state index is 0.187. The van der Waals surface area contributed by atoms with Crippen molar-refractivity contribution in [1.82, 2.24) is 0 Å². The standard InChI is InChI=1S/C30H28F2O/c1-4-5-6-7-8-25-20-29(31)28(30(32)21-25)18-13-24-10-15-26(22(2)19-24)14-9-23-11-16-27(33-3)17-12-23/h10-12,15-17,19-21H,4-8H2,1-3H3. The van der Waals surface area contributed by atoms with Gasteiger partial charge in [-0.15, -0.1) is 0 Å². The van der Waals surface area contributed by atoms with Crippen LogP contribution in [0.5, 0.6) is 5.75 Å². The molecule has 168 valence electrons. The highest BCUT2D eigenvalue weighted by molar-refractivity contribution is 5.52. The summed E-state index contributed by atoms with van der Waals surface area (Å²) in [6.45, 7) is 4.08. The average Bonchev–Trinajstić information content (AvgIpc) is 2.81. The molecular formula is C30H28F2O. The third kappa shape index (κ3) is 6.96. The molecule has 0 aliphatic heterocycles. The van der Waals surface area contributed by atoms with Crippen molar-refractivity contribution in [2.75, 3.05) is 7.11 Å². The van der Waals surface area contributed by atoms with Crippen LogP contribution in [0, 0.1) is 42.2 Å². The molecule has 0 aromatic heterocycles. The quantitative estimate of drug-likeness (QED) is 0.290. The van der Waals surface area contributed by atoms with Gasteiger partial charge in [0.05, 0.1) is 12.7 Å². The lowest BCUT2D eigenvalue weighted by atomic mass is 10.0. The molecule has 0 radical (unpaired) electrons. The zero-order chi connectivity index (χ0) is 23.6. The Bertz CT molecular complexity index is 1200. The van der Waals surface area contributed by atoms with Gasteiger partial charge in [0, 0.05) is 16.7 Å². The van der Waals surface area contributed by atoms with Gasteiger partial charge in [-0.1, -0.05) is 49.9 Å². The second-order valence-electron chi connectivity index (χ2n) is 8.00. The molecule has 0 N–H and O–H groups in total. The van der Waals surface area contributed by atoms with Crippen LogP contribution < -0.4 is 4.74 Å². The first kappa shape index (κ1) is 24.1. The fraction of sp³-hybridized carbons (Fsp3) is 0.267. The van der Waals surface area contributed by atoms with E-state index in [1.54, 1.807) is 7.11 Å². The van der Waals surface area contributed by atoms with E-state index in [1.165, 1.54) is 12.1 Å². The molecule has 3 aromatic rings. The molecule has 0 unspecified atom stereocenters. The van der Waals surface area contributed by atoms with Crippen molar-refractivity contribution >= 4 is 0 Å². The number of ether oxygens (including phenoxy) is 1. The van der Waals surface area contributed by atoms with Crippen LogP contribution in [0.4, 0.5) is 8.78 Å². The minimum Gasteiger partial charge on any atom is -0.497 e. The molecule has 3 rings (SSSR count). The van der Waals surface area contributed by atoms with Gasteiger partial charge in [0.15, 0.2) is 0 Å². The molecule has 0 fully saturated rings. The lowest BCUT2D eigenvalue weighted by Crippen LogP contribution is -1.95. The van der Waals surface area contributed by atoms with Crippen LogP contribution in [-0.4, -0.2) is 7.11 Å². The Kier molecular flexibility index (Phi) is 8.68. The van der Waals surface area contributed by atoms with E-state index in [9.17, 15) is 8.78 Å². The first-order valence-corrected chi connectivity index (χ1v) is 11.3. The van der Waals surface area contributed by atoms with E-state index < -0.39 is 11.6 Å². The van der Waals surface area contributed by atoms with Crippen LogP contribution in [0.15, 0.2) is 54.6 Å². The van der Waals surface area contributed by atoms with E-state index in [2.05, 4.69) is 30.6 Å². The third-order valence-electron chi connectivity index (χ3n) is 5.41. The van der Waals surface area contributed by atoms with E-state index in [-0.39, 0.29) is 5.56 Å². The second kappa shape index (κ2) is 11.9. The molecule has 0 amide bonds. The summed E-state index contributed by atoms with van der Waals surface area (Å²) in [6.07, 6.45) is 4.96. The van der Waals surface area contributed by atoms with Gasteiger partial charge in [0.25, 0.3) is 0 Å². The predicted molar refractivity (Wildman–Crippen MR) is 130 cm³/mol. The van der Waals surface area contributed by atoms with Crippen molar-refractivity contribution in [3.63, 3.8) is 0 Å². The normalized spacial score (nSPS) is 10.1. The van der Waals surface area contributed by atoms with Crippen LogP contribution in [0.2, 0.25) is 0 Å². The molecule has 3 aromatic carbocycles. The molecule has 0 aliphatic rings. The Morgan fingerprint density at radius 3 is 2.06 bits per heavy atom. The van der Waals surface area contributed by atoms with Crippen molar-refractivity contribution in [2.45, 2.75) is 46.0 Å². The van der Waals surface area contributed by atoms with Gasteiger partial charge in [0.1, 0.15) is 17.4 Å². The topological polar surface area (TPSA) is 9.23 Å². The Hall–Kier alpha value is -3.56. The fourth-order valence-electron chi connectivity index (χ4n) is 3.48. The second-order valence-corrected chi connectivity index (χ2v) is 8.00. The summed E-state index contributed by atoms with van der Waals surface area (Å²) in [6, 6.07) is 15.9. The van der Waals surface area contributed by atoms with Gasteiger partial charge in [-0.2, -0.15) is 0 Å². The maximum absolute atomic E-state index is 14.5. The number of benzene rings is 3. The van der Waals surface area contributed by atoms with E-state index in [1.807, 2.05) is 49.4 Å². The predicted octanol–water partition coefficient (Wildman–Crippen LogP) is 7.20. The van der Waals surface area contributed by atoms with Crippen LogP contribution in [0.25, 0.3) is 0 Å². The van der Waals surface area contributed by atoms with E-state index in [0.717, 1.165) is 48.1 Å². The van der Waals surface area contributed by atoms with Crippen molar-refractivity contribution in [1.29, 1.82) is 0 Å². The van der Waals surface area contributed by atoms with Crippen molar-refractivity contribution < 1.29 is 13.5 Å². The number of hydrogen-bond acceptors (Lipinski definition) is 1. The summed E-state index contributed by atoms with van der Waals surface area (Å²) in [4.78, 5) is 0. The van der Waals surface area contributed by atoms with Gasteiger partial charge in [-0.25, -0.2) is 8.78 Å². The maximum Gasteiger partial charge on any atom is 0.142 e. The Balaban J connectivity index is 1.73. The molecule has 0 spiro atoms. The van der Waals surface area contributed by atoms with Crippen LogP contribution in [0.1, 0.15) is 66.0 Å². The monoisotopic (exact) mass is 442 g/mol. The smallest absolute Gasteiger partial charge is 0.142 e. The highest BCUT2D eigenvalue weighted by Gasteiger charge is 2.09. The first-order valence-electron chi connectivity index (χ1n) is 11.3. The van der Waals surface area contributed by atoms with Crippen molar-refractivity contribution in [3.8, 4) is 29.4 Å². The van der Waals surface area contributed by atoms with Gasteiger partial charge < -0.3 is 4.74 Å². The number of rotatable bonds is 6. The minimum atomic E-state index is -0.605. The molecule has 0 bridgehead atoms. The number of unbranched alkanes of at least 4 members (excludes halogenated alkanes) is 3. The summed E-state index contributed by atoms with van der Waals surface area (Å²) < 4.78 is 34.1. The molecule has 0 aliphatic carbocycles. The lowest BCUT2D eigenvalue weighted by Gasteiger charge is -2.04. The average molecular weight is 443 g/mol. The third-order valence-corrected chi connectivity index (χ3v) is 5.41. The lowest BCUT2D eigenvalue weighted by molar-refractivity contribution is 0.415. The Morgan fingerprint density at radius 1 is 0.758 bits per heavy atom. The van der Waals surface area contributed by atoms with Crippen LogP contribution in [-0.2, 0) is 6.42 Å². The molecule has 33 heavy (non-hydrogen) atoms. The van der Waals surface area contributed by atoms with E-state index in [0.29, 0.717) is 17.5 Å². The summed E-state index contributed by atoms with van der Waals surface area (Å²) in [7, 11) is 1.63. The Labute approximate surface area is 195 Å². The van der Waals surface area contributed by atoms with Gasteiger partial charge in [0.2, 0.25) is 0 Å². The van der Waals surface area contributed by atoms with Crippen molar-refractivity contribution in [2.24, 2.45) is 0 Å². The summed E-state index contributed by atoms with van der Waals surface area (Å²) in [5.74, 6) is 11.4. The van der Waals surface area contributed by atoms with Crippen LogP contribution in [0.3, 0.4) is 0 Å². The molecule has 0 saturated carbocycles. The number of halogens is 2. The van der Waals surface area contributed by atoms with Gasteiger partial charge >= 0.3 is 0 Å². The fourth-order valence-corrected chi connectivity index (χ4v) is 3.48. The number of aryl methyl sites for hydroxylation is 2. The molecule has 0 saturated heterocycles. The number of methoxy groups -OCH3 is 1. The van der Waals surface area contributed by atoms with Gasteiger partial charge in [-0.3, -0.25) is 0 Å². The molecule has 0 atom stereocenters. The highest BCUT2D eigenvalue weighted by atomic mass is 19.1. The highest BCUT2D eigenvalue weighted by Crippen LogP contribution is 2.18. The van der Waals surface area contributed by atoms with E-state index >= 15 is 0 Å². The largest absolute Gasteiger partial charge is 0.497 e. The Morgan fingerprint density at radius 2 is 1.42 bits per heavy atom. The number of hydrogen-bond donors (Lipinski definition) is 0. The summed E-state index contributed by atoms with van der Waals surface area (Å²) >= 11 is 0. The zero-order valence-corrected chi connectivity index (χ0v) is 19.4. The van der Waals surface area contributed by atoms with Gasteiger partial charge in [-0.05, 0) is 85.5 Å². The van der Waals surface area contributed by atoms with E-state index in [4.69, 9.17) is 4.74 Å². The molecule has 1 nitrogen and oxygen atoms in total.